The number of carbonyl (C=O) groups is 2. The van der Waals surface area contributed by atoms with Crippen molar-refractivity contribution in [3.8, 4) is 5.75 Å². The van der Waals surface area contributed by atoms with Crippen molar-refractivity contribution in [1.29, 1.82) is 0 Å². The maximum atomic E-state index is 11.9. The molecule has 0 saturated carbocycles. The molecule has 1 atom stereocenters. The number of carbonyl (C=O) groups excluding carboxylic acids is 2. The van der Waals surface area contributed by atoms with Gasteiger partial charge in [-0.1, -0.05) is 13.0 Å². The minimum Gasteiger partial charge on any atom is -0.481 e. The van der Waals surface area contributed by atoms with Crippen LogP contribution >= 0.6 is 12.2 Å². The van der Waals surface area contributed by atoms with Crippen LogP contribution in [0.5, 0.6) is 5.75 Å². The van der Waals surface area contributed by atoms with Gasteiger partial charge in [-0.15, -0.1) is 0 Å². The quantitative estimate of drug-likeness (QED) is 0.578. The minimum atomic E-state index is -0.709. The third-order valence-corrected chi connectivity index (χ3v) is 3.24. The van der Waals surface area contributed by atoms with E-state index in [0.29, 0.717) is 12.2 Å². The molecular formula is C15H21N3O3S. The highest BCUT2D eigenvalue weighted by Crippen LogP contribution is 2.17. The molecule has 22 heavy (non-hydrogen) atoms. The topological polar surface area (TPSA) is 79.5 Å². The first-order valence-corrected chi connectivity index (χ1v) is 7.38. The number of hydrogen-bond acceptors (Lipinski definition) is 4. The SMILES string of the molecule is CCC(=O)NC(=S)NNC(=O)C(C)Oc1ccc(C)c(C)c1. The fourth-order valence-electron chi connectivity index (χ4n) is 1.51. The van der Waals surface area contributed by atoms with Gasteiger partial charge in [-0.25, -0.2) is 0 Å². The van der Waals surface area contributed by atoms with E-state index >= 15 is 0 Å². The molecule has 6 nitrogen and oxygen atoms in total. The van der Waals surface area contributed by atoms with E-state index in [4.69, 9.17) is 17.0 Å². The lowest BCUT2D eigenvalue weighted by Gasteiger charge is -2.16. The number of ether oxygens (including phenoxy) is 1. The zero-order valence-electron chi connectivity index (χ0n) is 13.1. The first kappa shape index (κ1) is 17.9. The summed E-state index contributed by atoms with van der Waals surface area (Å²) in [5, 5.41) is 2.45. The Bertz CT molecular complexity index is 575. The summed E-state index contributed by atoms with van der Waals surface area (Å²) in [7, 11) is 0. The fourth-order valence-corrected chi connectivity index (χ4v) is 1.68. The number of rotatable bonds is 4. The molecule has 0 saturated heterocycles. The van der Waals surface area contributed by atoms with Crippen LogP contribution in [0.3, 0.4) is 0 Å². The van der Waals surface area contributed by atoms with Gasteiger partial charge in [0.15, 0.2) is 11.2 Å². The van der Waals surface area contributed by atoms with Gasteiger partial charge in [0, 0.05) is 6.42 Å². The standard InChI is InChI=1S/C15H21N3O3S/c1-5-13(19)16-15(22)18-17-14(20)11(4)21-12-7-6-9(2)10(3)8-12/h6-8,11H,5H2,1-4H3,(H,17,20)(H2,16,18,19,22). The van der Waals surface area contributed by atoms with Crippen molar-refractivity contribution in [2.75, 3.05) is 0 Å². The zero-order valence-corrected chi connectivity index (χ0v) is 14.0. The van der Waals surface area contributed by atoms with Gasteiger partial charge >= 0.3 is 0 Å². The number of hydrazine groups is 1. The summed E-state index contributed by atoms with van der Waals surface area (Å²) in [4.78, 5) is 23.0. The number of thiocarbonyl (C=S) groups is 1. The molecule has 1 aromatic carbocycles. The number of amides is 2. The molecule has 0 aromatic heterocycles. The molecule has 1 rings (SSSR count). The van der Waals surface area contributed by atoms with Gasteiger partial charge in [0.1, 0.15) is 5.75 Å². The van der Waals surface area contributed by atoms with Crippen molar-refractivity contribution < 1.29 is 14.3 Å². The highest BCUT2D eigenvalue weighted by Gasteiger charge is 2.15. The van der Waals surface area contributed by atoms with Gasteiger partial charge in [-0.05, 0) is 56.2 Å². The summed E-state index contributed by atoms with van der Waals surface area (Å²) in [5.41, 5.74) is 7.09. The van der Waals surface area contributed by atoms with E-state index in [0.717, 1.165) is 11.1 Å². The molecule has 0 aliphatic heterocycles. The van der Waals surface area contributed by atoms with Crippen molar-refractivity contribution in [2.45, 2.75) is 40.2 Å². The summed E-state index contributed by atoms with van der Waals surface area (Å²) in [6.45, 7) is 7.31. The second kappa shape index (κ2) is 8.33. The predicted octanol–water partition coefficient (Wildman–Crippen LogP) is 1.50. The lowest BCUT2D eigenvalue weighted by molar-refractivity contribution is -0.128. The van der Waals surface area contributed by atoms with Gasteiger partial charge in [0.05, 0.1) is 0 Å². The highest BCUT2D eigenvalue weighted by atomic mass is 32.1. The van der Waals surface area contributed by atoms with E-state index < -0.39 is 12.0 Å². The maximum Gasteiger partial charge on any atom is 0.279 e. The molecule has 2 amide bonds. The van der Waals surface area contributed by atoms with Crippen LogP contribution < -0.4 is 20.9 Å². The third-order valence-electron chi connectivity index (χ3n) is 3.03. The van der Waals surface area contributed by atoms with E-state index in [1.54, 1.807) is 13.8 Å². The van der Waals surface area contributed by atoms with Gasteiger partial charge in [-0.3, -0.25) is 20.4 Å². The van der Waals surface area contributed by atoms with Crippen molar-refractivity contribution in [1.82, 2.24) is 16.2 Å². The van der Waals surface area contributed by atoms with Crippen LogP contribution in [0.4, 0.5) is 0 Å². The predicted molar refractivity (Wildman–Crippen MR) is 88.3 cm³/mol. The average Bonchev–Trinajstić information content (AvgIpc) is 2.48. The highest BCUT2D eigenvalue weighted by molar-refractivity contribution is 7.80. The summed E-state index contributed by atoms with van der Waals surface area (Å²) in [5.74, 6) is -0.00915. The van der Waals surface area contributed by atoms with Gasteiger partial charge in [0.2, 0.25) is 5.91 Å². The van der Waals surface area contributed by atoms with E-state index in [9.17, 15) is 9.59 Å². The van der Waals surface area contributed by atoms with Crippen LogP contribution in [0, 0.1) is 13.8 Å². The summed E-state index contributed by atoms with van der Waals surface area (Å²) in [6, 6.07) is 5.62. The van der Waals surface area contributed by atoms with E-state index in [1.807, 2.05) is 32.0 Å². The van der Waals surface area contributed by atoms with Crippen molar-refractivity contribution in [2.24, 2.45) is 0 Å². The van der Waals surface area contributed by atoms with Gasteiger partial charge in [0.25, 0.3) is 5.91 Å². The molecule has 1 aromatic rings. The molecule has 0 aliphatic carbocycles. The van der Waals surface area contributed by atoms with Crippen LogP contribution in [0.25, 0.3) is 0 Å². The van der Waals surface area contributed by atoms with Crippen molar-refractivity contribution in [3.63, 3.8) is 0 Å². The number of hydrogen-bond donors (Lipinski definition) is 3. The Morgan fingerprint density at radius 2 is 1.91 bits per heavy atom. The van der Waals surface area contributed by atoms with Crippen LogP contribution in [-0.2, 0) is 9.59 Å². The molecule has 7 heteroatoms. The summed E-state index contributed by atoms with van der Waals surface area (Å²) >= 11 is 4.86. The molecule has 0 bridgehead atoms. The first-order chi connectivity index (χ1) is 10.3. The maximum absolute atomic E-state index is 11.9. The van der Waals surface area contributed by atoms with Crippen LogP contribution in [0.15, 0.2) is 18.2 Å². The summed E-state index contributed by atoms with van der Waals surface area (Å²) < 4.78 is 5.56. The van der Waals surface area contributed by atoms with Crippen LogP contribution in [-0.4, -0.2) is 23.0 Å². The summed E-state index contributed by atoms with van der Waals surface area (Å²) in [6.07, 6.45) is -0.401. The van der Waals surface area contributed by atoms with E-state index in [-0.39, 0.29) is 11.0 Å². The fraction of sp³-hybridized carbons (Fsp3) is 0.400. The van der Waals surface area contributed by atoms with E-state index in [2.05, 4.69) is 16.2 Å². The molecule has 0 spiro atoms. The normalized spacial score (nSPS) is 11.3. The number of benzene rings is 1. The Hall–Kier alpha value is -2.15. The monoisotopic (exact) mass is 323 g/mol. The van der Waals surface area contributed by atoms with Crippen molar-refractivity contribution in [3.05, 3.63) is 29.3 Å². The Balaban J connectivity index is 2.46. The Morgan fingerprint density at radius 1 is 1.23 bits per heavy atom. The van der Waals surface area contributed by atoms with Crippen LogP contribution in [0.1, 0.15) is 31.4 Å². The number of aryl methyl sites for hydroxylation is 2. The lowest BCUT2D eigenvalue weighted by atomic mass is 10.1. The molecular weight excluding hydrogens is 302 g/mol. The smallest absolute Gasteiger partial charge is 0.279 e. The Morgan fingerprint density at radius 3 is 2.50 bits per heavy atom. The number of nitrogens with one attached hydrogen (secondary N) is 3. The molecule has 1 unspecified atom stereocenters. The molecule has 120 valence electrons. The van der Waals surface area contributed by atoms with Gasteiger partial charge in [-0.2, -0.15) is 0 Å². The van der Waals surface area contributed by atoms with Gasteiger partial charge < -0.3 is 10.1 Å². The first-order valence-electron chi connectivity index (χ1n) is 6.97. The largest absolute Gasteiger partial charge is 0.481 e. The lowest BCUT2D eigenvalue weighted by Crippen LogP contribution is -2.51. The second-order valence-electron chi connectivity index (χ2n) is 4.85. The molecule has 0 heterocycles. The molecule has 0 radical (unpaired) electrons. The molecule has 0 aliphatic rings. The third kappa shape index (κ3) is 5.69. The van der Waals surface area contributed by atoms with Crippen LogP contribution in [0.2, 0.25) is 0 Å². The van der Waals surface area contributed by atoms with Crippen molar-refractivity contribution >= 4 is 29.1 Å². The van der Waals surface area contributed by atoms with E-state index in [1.165, 1.54) is 0 Å². The Labute approximate surface area is 135 Å². The molecule has 0 fully saturated rings. The minimum absolute atomic E-state index is 0.0404. The molecule has 3 N–H and O–H groups in total. The average molecular weight is 323 g/mol. The second-order valence-corrected chi connectivity index (χ2v) is 5.26. The zero-order chi connectivity index (χ0) is 16.7. The Kier molecular flexibility index (Phi) is 6.78.